The molecular formula is C21H19FN6O5. The van der Waals surface area contributed by atoms with E-state index < -0.39 is 23.2 Å². The summed E-state index contributed by atoms with van der Waals surface area (Å²) in [7, 11) is 1.41. The summed E-state index contributed by atoms with van der Waals surface area (Å²) < 4.78 is 26.8. The average molecular weight is 454 g/mol. The normalized spacial score (nSPS) is 14.0. The maximum absolute atomic E-state index is 14.8. The smallest absolute Gasteiger partial charge is 0.270 e. The second-order valence-electron chi connectivity index (χ2n) is 7.36. The van der Waals surface area contributed by atoms with Gasteiger partial charge < -0.3 is 30.0 Å². The molecule has 2 amide bonds. The average Bonchev–Trinajstić information content (AvgIpc) is 3.33. The van der Waals surface area contributed by atoms with Crippen molar-refractivity contribution >= 4 is 11.8 Å². The van der Waals surface area contributed by atoms with Crippen molar-refractivity contribution in [3.8, 4) is 29.0 Å². The molecule has 0 fully saturated rings. The molecule has 2 aromatic heterocycles. The number of fused-ring (bicyclic) bond motifs is 3. The highest BCUT2D eigenvalue weighted by Gasteiger charge is 2.30. The topological polar surface area (TPSA) is 158 Å². The number of carbonyl (C=O) groups is 2. The Balaban J connectivity index is 1.85. The zero-order chi connectivity index (χ0) is 23.9. The van der Waals surface area contributed by atoms with Crippen LogP contribution in [0.3, 0.4) is 0 Å². The van der Waals surface area contributed by atoms with Crippen LogP contribution < -0.4 is 15.8 Å². The zero-order valence-electron chi connectivity index (χ0n) is 17.9. The highest BCUT2D eigenvalue weighted by Crippen LogP contribution is 2.35. The number of hydrogen-bond donors (Lipinski definition) is 3. The molecule has 0 spiro atoms. The standard InChI is InChI=1S/C21H19FN6O5/c1-10-25-20(27-33-10)21(2,31)5-4-11-8-12-14(9-13(11)22)32-7-6-28-16(19(30)24-3)15(17(23)29)26-18(12)28/h8-9,31H,6-7H2,1-3H3,(H2,23,29)(H,24,30)/t21-/m1/s1. The molecule has 0 radical (unpaired) electrons. The summed E-state index contributed by atoms with van der Waals surface area (Å²) in [6, 6.07) is 2.48. The molecule has 1 aliphatic heterocycles. The van der Waals surface area contributed by atoms with Gasteiger partial charge in [0.05, 0.1) is 17.7 Å². The van der Waals surface area contributed by atoms with Crippen LogP contribution in [-0.4, -0.2) is 50.3 Å². The van der Waals surface area contributed by atoms with E-state index >= 15 is 0 Å². The van der Waals surface area contributed by atoms with E-state index in [1.54, 1.807) is 6.92 Å². The van der Waals surface area contributed by atoms with Crippen molar-refractivity contribution in [1.29, 1.82) is 0 Å². The number of nitrogens with one attached hydrogen (secondary N) is 1. The molecule has 1 aliphatic rings. The number of aliphatic hydroxyl groups is 1. The SMILES string of the molecule is CNC(=O)c1c(C(N)=O)nc2n1CCOc1cc(F)c(C#C[C@@](C)(O)c3noc(C)n3)cc1-2. The van der Waals surface area contributed by atoms with E-state index in [1.807, 2.05) is 0 Å². The Morgan fingerprint density at radius 1 is 1.36 bits per heavy atom. The number of halogens is 1. The minimum atomic E-state index is -1.81. The quantitative estimate of drug-likeness (QED) is 0.482. The Labute approximate surface area is 186 Å². The first-order valence-corrected chi connectivity index (χ1v) is 9.78. The fourth-order valence-electron chi connectivity index (χ4n) is 3.33. The maximum atomic E-state index is 14.8. The second-order valence-corrected chi connectivity index (χ2v) is 7.36. The third-order valence-electron chi connectivity index (χ3n) is 4.93. The van der Waals surface area contributed by atoms with Crippen molar-refractivity contribution in [1.82, 2.24) is 25.0 Å². The van der Waals surface area contributed by atoms with Gasteiger partial charge >= 0.3 is 0 Å². The molecule has 170 valence electrons. The van der Waals surface area contributed by atoms with Crippen LogP contribution in [0, 0.1) is 24.6 Å². The van der Waals surface area contributed by atoms with Gasteiger partial charge in [-0.1, -0.05) is 17.0 Å². The van der Waals surface area contributed by atoms with Crippen LogP contribution in [0.1, 0.15) is 45.2 Å². The van der Waals surface area contributed by atoms with Crippen molar-refractivity contribution in [2.45, 2.75) is 26.0 Å². The summed E-state index contributed by atoms with van der Waals surface area (Å²) in [6.07, 6.45) is 0. The van der Waals surface area contributed by atoms with Crippen LogP contribution in [0.4, 0.5) is 4.39 Å². The lowest BCUT2D eigenvalue weighted by molar-refractivity contribution is 0.0933. The van der Waals surface area contributed by atoms with Gasteiger partial charge in [-0.3, -0.25) is 9.59 Å². The Morgan fingerprint density at radius 2 is 2.12 bits per heavy atom. The number of nitrogens with zero attached hydrogens (tertiary/aromatic N) is 4. The zero-order valence-corrected chi connectivity index (χ0v) is 17.9. The lowest BCUT2D eigenvalue weighted by atomic mass is 10.0. The number of ether oxygens (including phenoxy) is 1. The molecule has 33 heavy (non-hydrogen) atoms. The summed E-state index contributed by atoms with van der Waals surface area (Å²) in [5, 5.41) is 16.7. The third kappa shape index (κ3) is 3.90. The summed E-state index contributed by atoms with van der Waals surface area (Å²) in [4.78, 5) is 32.5. The first kappa shape index (κ1) is 22.0. The summed E-state index contributed by atoms with van der Waals surface area (Å²) in [5.41, 5.74) is 3.59. The summed E-state index contributed by atoms with van der Waals surface area (Å²) >= 11 is 0. The Morgan fingerprint density at radius 3 is 2.76 bits per heavy atom. The predicted molar refractivity (Wildman–Crippen MR) is 111 cm³/mol. The number of primary amides is 1. The lowest BCUT2D eigenvalue weighted by Crippen LogP contribution is -2.26. The van der Waals surface area contributed by atoms with E-state index in [0.29, 0.717) is 5.56 Å². The van der Waals surface area contributed by atoms with Gasteiger partial charge in [0.2, 0.25) is 11.7 Å². The molecule has 3 heterocycles. The Kier molecular flexibility index (Phi) is 5.35. The van der Waals surface area contributed by atoms with Gasteiger partial charge in [0.25, 0.3) is 11.8 Å². The molecule has 0 aliphatic carbocycles. The highest BCUT2D eigenvalue weighted by atomic mass is 19.1. The molecule has 12 heteroatoms. The van der Waals surface area contributed by atoms with Gasteiger partial charge in [0.1, 0.15) is 29.7 Å². The molecular weight excluding hydrogens is 435 g/mol. The van der Waals surface area contributed by atoms with Crippen molar-refractivity contribution in [2.24, 2.45) is 5.73 Å². The van der Waals surface area contributed by atoms with Crippen molar-refractivity contribution in [3.63, 3.8) is 0 Å². The molecule has 11 nitrogen and oxygen atoms in total. The maximum Gasteiger partial charge on any atom is 0.270 e. The van der Waals surface area contributed by atoms with Crippen LogP contribution in [0.15, 0.2) is 16.7 Å². The Hall–Kier alpha value is -4.24. The molecule has 0 unspecified atom stereocenters. The van der Waals surface area contributed by atoms with Crippen molar-refractivity contribution < 1.29 is 28.3 Å². The monoisotopic (exact) mass is 454 g/mol. The van der Waals surface area contributed by atoms with Gasteiger partial charge in [0.15, 0.2) is 11.3 Å². The molecule has 0 bridgehead atoms. The van der Waals surface area contributed by atoms with E-state index in [2.05, 4.69) is 32.3 Å². The molecule has 4 rings (SSSR count). The van der Waals surface area contributed by atoms with E-state index in [0.717, 1.165) is 6.07 Å². The molecule has 0 saturated carbocycles. The minimum Gasteiger partial charge on any atom is -0.491 e. The Bertz CT molecular complexity index is 1350. The number of amides is 2. The van der Waals surface area contributed by atoms with Crippen LogP contribution >= 0.6 is 0 Å². The fourth-order valence-corrected chi connectivity index (χ4v) is 3.33. The van der Waals surface area contributed by atoms with E-state index in [1.165, 1.54) is 24.6 Å². The van der Waals surface area contributed by atoms with Crippen molar-refractivity contribution in [3.05, 3.63) is 46.6 Å². The number of carbonyl (C=O) groups excluding carboxylic acids is 2. The molecule has 0 saturated heterocycles. The third-order valence-corrected chi connectivity index (χ3v) is 4.93. The minimum absolute atomic E-state index is 0.0242. The molecule has 3 aromatic rings. The second kappa shape index (κ2) is 8.03. The number of aryl methyl sites for hydroxylation is 1. The van der Waals surface area contributed by atoms with Gasteiger partial charge in [-0.05, 0) is 13.0 Å². The fraction of sp³-hybridized carbons (Fsp3) is 0.286. The van der Waals surface area contributed by atoms with Crippen LogP contribution in [-0.2, 0) is 12.1 Å². The number of nitrogens with two attached hydrogens (primary N) is 1. The van der Waals surface area contributed by atoms with Gasteiger partial charge in [-0.2, -0.15) is 4.98 Å². The van der Waals surface area contributed by atoms with Crippen molar-refractivity contribution in [2.75, 3.05) is 13.7 Å². The predicted octanol–water partition coefficient (Wildman–Crippen LogP) is 0.491. The highest BCUT2D eigenvalue weighted by molar-refractivity contribution is 6.05. The van der Waals surface area contributed by atoms with Gasteiger partial charge in [-0.25, -0.2) is 9.37 Å². The van der Waals surface area contributed by atoms with Gasteiger partial charge in [0, 0.05) is 20.0 Å². The molecule has 4 N–H and O–H groups in total. The lowest BCUT2D eigenvalue weighted by Gasteiger charge is -2.11. The van der Waals surface area contributed by atoms with Gasteiger partial charge in [-0.15, -0.1) is 0 Å². The number of hydrogen-bond acceptors (Lipinski definition) is 8. The first-order valence-electron chi connectivity index (χ1n) is 9.78. The van der Waals surface area contributed by atoms with Crippen LogP contribution in [0.25, 0.3) is 11.4 Å². The van der Waals surface area contributed by atoms with E-state index in [9.17, 15) is 19.1 Å². The molecule has 1 atom stereocenters. The number of rotatable bonds is 3. The number of aromatic nitrogens is 4. The summed E-state index contributed by atoms with van der Waals surface area (Å²) in [6.45, 7) is 3.16. The van der Waals surface area contributed by atoms with E-state index in [4.69, 9.17) is 15.0 Å². The summed E-state index contributed by atoms with van der Waals surface area (Å²) in [5.74, 6) is 3.48. The first-order chi connectivity index (χ1) is 15.6. The van der Waals surface area contributed by atoms with E-state index in [-0.39, 0.29) is 53.4 Å². The molecule has 1 aromatic carbocycles. The number of imidazole rings is 1. The largest absolute Gasteiger partial charge is 0.491 e. The number of benzene rings is 1. The van der Waals surface area contributed by atoms with Crippen LogP contribution in [0.5, 0.6) is 5.75 Å². The van der Waals surface area contributed by atoms with Crippen LogP contribution in [0.2, 0.25) is 0 Å².